The molecule has 0 saturated heterocycles. The molecule has 7 nitrogen and oxygen atoms in total. The lowest BCUT2D eigenvalue weighted by molar-refractivity contribution is 0.554. The maximum atomic E-state index is 12.0. The fourth-order valence-corrected chi connectivity index (χ4v) is 4.67. The largest absolute Gasteiger partial charge is 0.870 e. The Labute approximate surface area is 194 Å². The molecule has 2 aromatic heterocycles. The molecule has 0 aliphatic rings. The Morgan fingerprint density at radius 2 is 1.58 bits per heavy atom. The van der Waals surface area contributed by atoms with Gasteiger partial charge >= 0.3 is 0 Å². The second kappa shape index (κ2) is 8.49. The summed E-state index contributed by atoms with van der Waals surface area (Å²) in [6.45, 7) is 3.98. The fraction of sp³-hybridized carbons (Fsp3) is 0.120. The van der Waals surface area contributed by atoms with E-state index in [2.05, 4.69) is 17.2 Å². The zero-order valence-electron chi connectivity index (χ0n) is 18.3. The number of aromatic nitrogens is 3. The molecule has 0 spiro atoms. The first kappa shape index (κ1) is 22.8. The van der Waals surface area contributed by atoms with Crippen LogP contribution in [0.5, 0.6) is 0 Å². The van der Waals surface area contributed by atoms with Crippen molar-refractivity contribution in [3.05, 3.63) is 84.8 Å². The Morgan fingerprint density at radius 3 is 2.24 bits per heavy atom. The minimum absolute atomic E-state index is 0. The first-order valence-corrected chi connectivity index (χ1v) is 11.6. The monoisotopic (exact) mass is 459 g/mol. The van der Waals surface area contributed by atoms with Crippen LogP contribution in [0.2, 0.25) is 0 Å². The summed E-state index contributed by atoms with van der Waals surface area (Å²) in [6, 6.07) is 19.8. The summed E-state index contributed by atoms with van der Waals surface area (Å²) in [6.07, 6.45) is 5.65. The minimum atomic E-state index is -1.93. The predicted octanol–water partition coefficient (Wildman–Crippen LogP) is 4.16. The van der Waals surface area contributed by atoms with Crippen LogP contribution >= 0.6 is 0 Å². The highest BCUT2D eigenvalue weighted by atomic mass is 32.2. The molecule has 5 N–H and O–H groups in total. The predicted molar refractivity (Wildman–Crippen MR) is 132 cm³/mol. The lowest BCUT2D eigenvalue weighted by Gasteiger charge is -2.19. The summed E-state index contributed by atoms with van der Waals surface area (Å²) in [5, 5.41) is 12.1. The van der Waals surface area contributed by atoms with Gasteiger partial charge in [-0.1, -0.05) is 46.7 Å². The molecule has 33 heavy (non-hydrogen) atoms. The molecular weight excluding hydrogens is 434 g/mol. The molecule has 1 unspecified atom stereocenters. The summed E-state index contributed by atoms with van der Waals surface area (Å²) in [7, 11) is -1.93. The van der Waals surface area contributed by atoms with Gasteiger partial charge in [-0.3, -0.25) is 0 Å². The van der Waals surface area contributed by atoms with Gasteiger partial charge in [0.05, 0.1) is 6.20 Å². The molecule has 1 atom stereocenters. The average molecular weight is 460 g/mol. The third-order valence-electron chi connectivity index (χ3n) is 5.75. The second-order valence-electron chi connectivity index (χ2n) is 8.47. The minimum Gasteiger partial charge on any atom is -0.870 e. The molecule has 0 amide bonds. The quantitative estimate of drug-likeness (QED) is 0.308. The molecule has 3 aromatic carbocycles. The van der Waals surface area contributed by atoms with E-state index < -0.39 is 11.0 Å². The number of fused-ring (bicyclic) bond motifs is 2. The van der Waals surface area contributed by atoms with Crippen molar-refractivity contribution < 1.29 is 9.69 Å². The van der Waals surface area contributed by atoms with Gasteiger partial charge in [0.25, 0.3) is 0 Å². The van der Waals surface area contributed by atoms with Crippen LogP contribution in [-0.2, 0) is 20.7 Å². The van der Waals surface area contributed by atoms with Gasteiger partial charge in [-0.2, -0.15) is 5.10 Å². The van der Waals surface area contributed by atoms with E-state index in [-0.39, 0.29) is 11.0 Å². The first-order chi connectivity index (χ1) is 15.3. The standard InChI is InChI=1S/C25H23N5OS.H2O/c1-25(2,26)18-9-7-16(8-10-18)17-13-28-24-22(14-29-30(24)15-17)20-11-12-23(32(27)31)21-6-4-3-5-19(20)21;/h3-15H,26H2,1-2H3,(H2,27,31);1H2. The summed E-state index contributed by atoms with van der Waals surface area (Å²) >= 11 is 0. The number of hydrogen-bond donors (Lipinski definition) is 2. The molecule has 0 bridgehead atoms. The molecule has 0 aliphatic heterocycles. The molecule has 5 rings (SSSR count). The molecule has 5 aromatic rings. The Bertz CT molecular complexity index is 1490. The third-order valence-corrected chi connectivity index (χ3v) is 6.61. The van der Waals surface area contributed by atoms with E-state index >= 15 is 0 Å². The molecule has 8 heteroatoms. The van der Waals surface area contributed by atoms with E-state index in [1.165, 1.54) is 0 Å². The lowest BCUT2D eigenvalue weighted by Crippen LogP contribution is -2.28. The zero-order valence-corrected chi connectivity index (χ0v) is 19.2. The number of nitrogens with zero attached hydrogens (tertiary/aromatic N) is 3. The van der Waals surface area contributed by atoms with Crippen molar-refractivity contribution in [1.82, 2.24) is 14.6 Å². The zero-order chi connectivity index (χ0) is 22.5. The van der Waals surface area contributed by atoms with Gasteiger partial charge in [-0.25, -0.2) is 9.50 Å². The number of benzene rings is 3. The van der Waals surface area contributed by atoms with Crippen LogP contribution in [0.15, 0.2) is 84.1 Å². The fourth-order valence-electron chi connectivity index (χ4n) is 4.02. The van der Waals surface area contributed by atoms with E-state index in [1.807, 2.05) is 81.0 Å². The van der Waals surface area contributed by atoms with Gasteiger partial charge in [-0.05, 0) is 54.1 Å². The number of nitrogens with two attached hydrogens (primary N) is 2. The van der Waals surface area contributed by atoms with Crippen LogP contribution in [0.4, 0.5) is 0 Å². The van der Waals surface area contributed by atoms with Gasteiger partial charge in [-0.15, -0.1) is 5.14 Å². The highest BCUT2D eigenvalue weighted by molar-refractivity contribution is 7.82. The van der Waals surface area contributed by atoms with Crippen LogP contribution in [0.1, 0.15) is 19.4 Å². The van der Waals surface area contributed by atoms with Crippen molar-refractivity contribution in [2.75, 3.05) is 0 Å². The molecule has 0 aliphatic carbocycles. The average Bonchev–Trinajstić information content (AvgIpc) is 3.21. The first-order valence-electron chi connectivity index (χ1n) is 10.3. The summed E-state index contributed by atoms with van der Waals surface area (Å²) < 4.78 is 13.8. The van der Waals surface area contributed by atoms with Gasteiger partial charge in [0, 0.05) is 34.4 Å². The van der Waals surface area contributed by atoms with Crippen LogP contribution < -0.4 is 10.9 Å². The normalized spacial score (nSPS) is 12.6. The Kier molecular flexibility index (Phi) is 5.85. The van der Waals surface area contributed by atoms with Crippen LogP contribution in [-0.4, -0.2) is 20.1 Å². The number of hydrogen-bond acceptors (Lipinski definition) is 5. The van der Waals surface area contributed by atoms with Crippen LogP contribution in [0, 0.1) is 0 Å². The highest BCUT2D eigenvalue weighted by Crippen LogP contribution is 2.34. The Balaban J connectivity index is 0.00000259. The van der Waals surface area contributed by atoms with Gasteiger partial charge in [0.15, 0.2) is 21.5 Å². The third kappa shape index (κ3) is 4.05. The Morgan fingerprint density at radius 1 is 0.879 bits per heavy atom. The number of thiol groups is 1. The molecule has 0 saturated carbocycles. The number of rotatable bonds is 4. The van der Waals surface area contributed by atoms with Gasteiger partial charge in [0.1, 0.15) is 0 Å². The van der Waals surface area contributed by atoms with Crippen molar-refractivity contribution >= 4 is 27.4 Å². The van der Waals surface area contributed by atoms with E-state index in [0.29, 0.717) is 4.90 Å². The molecular formula is C25H25N5O2S. The molecule has 0 fully saturated rings. The summed E-state index contributed by atoms with van der Waals surface area (Å²) in [4.78, 5) is 5.37. The van der Waals surface area contributed by atoms with Crippen molar-refractivity contribution in [2.24, 2.45) is 10.9 Å². The van der Waals surface area contributed by atoms with E-state index in [4.69, 9.17) is 15.9 Å². The van der Waals surface area contributed by atoms with Crippen LogP contribution in [0.3, 0.4) is 0 Å². The van der Waals surface area contributed by atoms with Gasteiger partial charge in [0.2, 0.25) is 0 Å². The van der Waals surface area contributed by atoms with E-state index in [1.54, 1.807) is 4.52 Å². The topological polar surface area (TPSA) is 129 Å². The maximum Gasteiger partial charge on any atom is 0.182 e. The van der Waals surface area contributed by atoms with Crippen molar-refractivity contribution in [3.8, 4) is 22.3 Å². The van der Waals surface area contributed by atoms with Crippen LogP contribution in [0.25, 0.3) is 38.7 Å². The SMILES string of the molecule is CC(C)(N)c1ccc(-c2cnc3c(-c4ccc([SH+](N)=O)c5ccccc45)cnn3c2)cc1.[OH-]. The summed E-state index contributed by atoms with van der Waals surface area (Å²) in [5.41, 5.74) is 11.5. The highest BCUT2D eigenvalue weighted by Gasteiger charge is 2.18. The maximum absolute atomic E-state index is 12.0. The Hall–Kier alpha value is -3.43. The van der Waals surface area contributed by atoms with Crippen molar-refractivity contribution in [3.63, 3.8) is 0 Å². The smallest absolute Gasteiger partial charge is 0.182 e. The molecule has 0 radical (unpaired) electrons. The van der Waals surface area contributed by atoms with Crippen molar-refractivity contribution in [1.29, 1.82) is 0 Å². The summed E-state index contributed by atoms with van der Waals surface area (Å²) in [5.74, 6) is 0. The second-order valence-corrected chi connectivity index (χ2v) is 9.61. The lowest BCUT2D eigenvalue weighted by atomic mass is 9.94. The van der Waals surface area contributed by atoms with E-state index in [9.17, 15) is 4.21 Å². The molecule has 2 heterocycles. The van der Waals surface area contributed by atoms with E-state index in [0.717, 1.165) is 44.2 Å². The van der Waals surface area contributed by atoms with Gasteiger partial charge < -0.3 is 11.2 Å². The van der Waals surface area contributed by atoms with Crippen molar-refractivity contribution in [2.45, 2.75) is 24.3 Å². The molecule has 168 valence electrons.